The first-order valence-corrected chi connectivity index (χ1v) is 0.612. The van der Waals surface area contributed by atoms with Crippen LogP contribution in [0.3, 0.4) is 0 Å². The normalized spacial score (nSPS) is 3.43. The second kappa shape index (κ2) is 16.0. The second-order valence-corrected chi connectivity index (χ2v) is 0.250. The molecule has 0 N–H and O–H groups in total. The van der Waals surface area contributed by atoms with Crippen molar-refractivity contribution in [3.63, 3.8) is 0 Å². The summed E-state index contributed by atoms with van der Waals surface area (Å²) in [4.78, 5) is 8.33. The maximum absolute atomic E-state index is 8.33. The van der Waals surface area contributed by atoms with E-state index in [1.165, 1.54) is 0 Å². The maximum Gasteiger partial charge on any atom is 2.00 e. The van der Waals surface area contributed by atoms with Crippen LogP contribution in [0.25, 0.3) is 0 Å². The average Bonchev–Trinajstić information content (AvgIpc) is 0.811. The summed E-state index contributed by atoms with van der Waals surface area (Å²) in [5.41, 5.74) is 0. The Morgan fingerprint density at radius 1 is 1.14 bits per heavy atom. The number of carbonyl (C=O) groups is 1. The summed E-state index contributed by atoms with van der Waals surface area (Å²) in [6.07, 6.45) is -2.33. The van der Waals surface area contributed by atoms with Gasteiger partial charge in [0.2, 0.25) is 0 Å². The zero-order valence-corrected chi connectivity index (χ0v) is 5.98. The fourth-order valence-corrected chi connectivity index (χ4v) is 0. The summed E-state index contributed by atoms with van der Waals surface area (Å²) in [5, 5.41) is 16.7. The van der Waals surface area contributed by atoms with Crippen LogP contribution in [-0.4, -0.2) is 6.16 Å². The van der Waals surface area contributed by atoms with E-state index < -0.39 is 6.16 Å². The Balaban J connectivity index is -0.0000000150. The molecular weight excluding hydrogens is 205 g/mol. The Morgan fingerprint density at radius 3 is 1.14 bits per heavy atom. The first-order chi connectivity index (χ1) is 1.73. The molecule has 3 nitrogen and oxygen atoms in total. The molecule has 2 radical (unpaired) electrons. The predicted octanol–water partition coefficient (Wildman–Crippen LogP) is -5.45. The summed E-state index contributed by atoms with van der Waals surface area (Å²) in [7, 11) is 0. The molecule has 0 saturated carbocycles. The average molecular weight is 205 g/mol. The summed E-state index contributed by atoms with van der Waals surface area (Å²) < 4.78 is 0. The topological polar surface area (TPSA) is 63.2 Å². The maximum atomic E-state index is 8.33. The van der Waals surface area contributed by atoms with Gasteiger partial charge in [0.1, 0.15) is 0 Å². The van der Waals surface area contributed by atoms with Crippen LogP contribution >= 0.6 is 0 Å². The predicted molar refractivity (Wildman–Crippen MR) is 5.40 cm³/mol. The molecule has 0 aliphatic rings. The van der Waals surface area contributed by atoms with Crippen molar-refractivity contribution in [3.8, 4) is 0 Å². The van der Waals surface area contributed by atoms with Crippen LogP contribution in [0.4, 0.5) is 4.79 Å². The molecule has 0 bridgehead atoms. The molecule has 0 fully saturated rings. The SMILES string of the molecule is O=C([O-])[O-].[Cl-].[Mn+2].[Mn+2]. The zero-order valence-electron chi connectivity index (χ0n) is 2.86. The molecule has 0 aromatic heterocycles. The number of hydrogen-bond acceptors (Lipinski definition) is 3. The fraction of sp³-hybridized carbons (Fsp3) is 0. The van der Waals surface area contributed by atoms with Gasteiger partial charge in [-0.15, -0.1) is 0 Å². The third-order valence-electron chi connectivity index (χ3n) is 0. The van der Waals surface area contributed by atoms with Crippen molar-refractivity contribution in [1.29, 1.82) is 0 Å². The van der Waals surface area contributed by atoms with Gasteiger partial charge in [0, 0.05) is 0 Å². The van der Waals surface area contributed by atoms with Gasteiger partial charge < -0.3 is 27.4 Å². The summed E-state index contributed by atoms with van der Waals surface area (Å²) in [5.74, 6) is 0. The van der Waals surface area contributed by atoms with E-state index in [0.29, 0.717) is 0 Å². The minimum absolute atomic E-state index is 0. The molecule has 0 aliphatic heterocycles. The van der Waals surface area contributed by atoms with Gasteiger partial charge in [0.25, 0.3) is 0 Å². The molecular formula is CClMn2O3+. The monoisotopic (exact) mass is 205 g/mol. The van der Waals surface area contributed by atoms with E-state index in [1.807, 2.05) is 0 Å². The number of rotatable bonds is 0. The van der Waals surface area contributed by atoms with Crippen LogP contribution in [0.2, 0.25) is 0 Å². The second-order valence-electron chi connectivity index (χ2n) is 0.250. The van der Waals surface area contributed by atoms with Gasteiger partial charge in [-0.05, 0) is 6.16 Å². The largest absolute Gasteiger partial charge is 2.00 e. The third-order valence-corrected chi connectivity index (χ3v) is 0. The van der Waals surface area contributed by atoms with Crippen molar-refractivity contribution in [1.82, 2.24) is 0 Å². The first-order valence-electron chi connectivity index (χ1n) is 0.612. The van der Waals surface area contributed by atoms with Crippen molar-refractivity contribution in [3.05, 3.63) is 0 Å². The molecule has 0 unspecified atom stereocenters. The Labute approximate surface area is 67.8 Å². The molecule has 0 heterocycles. The van der Waals surface area contributed by atoms with Crippen molar-refractivity contribution in [2.75, 3.05) is 0 Å². The van der Waals surface area contributed by atoms with Crippen LogP contribution in [0.5, 0.6) is 0 Å². The molecule has 0 saturated heterocycles. The first kappa shape index (κ1) is 25.5. The molecule has 0 aromatic rings. The number of halogens is 1. The number of hydrogen-bond donors (Lipinski definition) is 0. The van der Waals surface area contributed by atoms with E-state index in [2.05, 4.69) is 0 Å². The van der Waals surface area contributed by atoms with Crippen molar-refractivity contribution >= 4 is 6.16 Å². The summed E-state index contributed by atoms with van der Waals surface area (Å²) >= 11 is 0. The minimum Gasteiger partial charge on any atom is -1.00 e. The summed E-state index contributed by atoms with van der Waals surface area (Å²) in [6, 6.07) is 0. The van der Waals surface area contributed by atoms with E-state index in [-0.39, 0.29) is 46.5 Å². The Bertz CT molecular complexity index is 35.9. The van der Waals surface area contributed by atoms with Gasteiger partial charge in [-0.1, -0.05) is 0 Å². The van der Waals surface area contributed by atoms with Gasteiger partial charge in [0.15, 0.2) is 0 Å². The Hall–Kier alpha value is 0.599. The summed E-state index contributed by atoms with van der Waals surface area (Å²) in [6.45, 7) is 0. The van der Waals surface area contributed by atoms with Gasteiger partial charge in [-0.3, -0.25) is 0 Å². The smallest absolute Gasteiger partial charge is 1.00 e. The Morgan fingerprint density at radius 2 is 1.14 bits per heavy atom. The molecule has 42 valence electrons. The van der Waals surface area contributed by atoms with E-state index >= 15 is 0 Å². The van der Waals surface area contributed by atoms with Gasteiger partial charge >= 0.3 is 34.1 Å². The van der Waals surface area contributed by atoms with Crippen molar-refractivity contribution < 1.29 is 61.6 Å². The number of carbonyl (C=O) groups excluding carboxylic acids is 1. The molecule has 7 heavy (non-hydrogen) atoms. The quantitative estimate of drug-likeness (QED) is 0.371. The van der Waals surface area contributed by atoms with E-state index in [0.717, 1.165) is 0 Å². The molecule has 0 aliphatic carbocycles. The standard InChI is InChI=1S/CH2O3.ClH.2Mn/c2-1(3)4;;;/h(H2,2,3,4);1H;;/q;;2*+2/p-3. The van der Waals surface area contributed by atoms with Crippen LogP contribution in [0.1, 0.15) is 0 Å². The zero-order chi connectivity index (χ0) is 3.58. The van der Waals surface area contributed by atoms with Crippen LogP contribution in [0, 0.1) is 0 Å². The van der Waals surface area contributed by atoms with Gasteiger partial charge in [0.05, 0.1) is 0 Å². The van der Waals surface area contributed by atoms with Crippen molar-refractivity contribution in [2.45, 2.75) is 0 Å². The molecule has 0 spiro atoms. The van der Waals surface area contributed by atoms with E-state index in [9.17, 15) is 0 Å². The van der Waals surface area contributed by atoms with E-state index in [4.69, 9.17) is 15.0 Å². The fourth-order valence-electron chi connectivity index (χ4n) is 0. The minimum atomic E-state index is -2.33. The third kappa shape index (κ3) is 389. The van der Waals surface area contributed by atoms with E-state index in [1.54, 1.807) is 0 Å². The Kier molecular flexibility index (Phi) is 58.3. The van der Waals surface area contributed by atoms with Crippen LogP contribution in [-0.2, 0) is 34.1 Å². The molecule has 0 amide bonds. The molecule has 0 rings (SSSR count). The van der Waals surface area contributed by atoms with Gasteiger partial charge in [-0.25, -0.2) is 0 Å². The van der Waals surface area contributed by atoms with Crippen molar-refractivity contribution in [2.24, 2.45) is 0 Å². The molecule has 0 atom stereocenters. The van der Waals surface area contributed by atoms with Crippen LogP contribution in [0.15, 0.2) is 0 Å². The molecule has 6 heteroatoms. The van der Waals surface area contributed by atoms with Crippen LogP contribution < -0.4 is 22.6 Å². The molecule has 0 aromatic carbocycles. The number of carboxylic acid groups (broad SMARTS) is 2. The van der Waals surface area contributed by atoms with Gasteiger partial charge in [-0.2, -0.15) is 0 Å².